The number of aromatic nitrogens is 2. The number of hydrogen-bond acceptors (Lipinski definition) is 3. The van der Waals surface area contributed by atoms with Gasteiger partial charge in [-0.2, -0.15) is 5.10 Å². The molecule has 0 spiro atoms. The Kier molecular flexibility index (Phi) is 3.30. The van der Waals surface area contributed by atoms with Crippen LogP contribution < -0.4 is 0 Å². The van der Waals surface area contributed by atoms with Crippen LogP contribution >= 0.6 is 0 Å². The third-order valence-corrected chi connectivity index (χ3v) is 3.73. The minimum absolute atomic E-state index is 0.175. The van der Waals surface area contributed by atoms with Gasteiger partial charge < -0.3 is 5.11 Å². The zero-order chi connectivity index (χ0) is 11.7. The van der Waals surface area contributed by atoms with E-state index in [4.69, 9.17) is 0 Å². The SMILES string of the molecule is Cc1c(CN2CCC(C)C(O)C2)cnn1C. The molecule has 2 heterocycles. The zero-order valence-electron chi connectivity index (χ0n) is 10.3. The molecule has 0 bridgehead atoms. The topological polar surface area (TPSA) is 41.3 Å². The van der Waals surface area contributed by atoms with Gasteiger partial charge in [0.1, 0.15) is 0 Å². The van der Waals surface area contributed by atoms with Gasteiger partial charge in [0.25, 0.3) is 0 Å². The van der Waals surface area contributed by atoms with Crippen molar-refractivity contribution in [1.29, 1.82) is 0 Å². The molecule has 2 rings (SSSR count). The van der Waals surface area contributed by atoms with Crippen LogP contribution in [-0.4, -0.2) is 39.0 Å². The Morgan fingerprint density at radius 3 is 2.88 bits per heavy atom. The van der Waals surface area contributed by atoms with Crippen LogP contribution in [0.3, 0.4) is 0 Å². The molecule has 0 saturated carbocycles. The van der Waals surface area contributed by atoms with Crippen LogP contribution in [0.1, 0.15) is 24.6 Å². The van der Waals surface area contributed by atoms with Crippen molar-refractivity contribution in [2.75, 3.05) is 13.1 Å². The minimum atomic E-state index is -0.175. The molecule has 1 aromatic heterocycles. The Morgan fingerprint density at radius 1 is 1.56 bits per heavy atom. The van der Waals surface area contributed by atoms with E-state index in [1.54, 1.807) is 0 Å². The quantitative estimate of drug-likeness (QED) is 0.811. The number of aryl methyl sites for hydroxylation is 1. The third kappa shape index (κ3) is 2.28. The molecule has 2 unspecified atom stereocenters. The number of β-amino-alcohol motifs (C(OH)–C–C–N with tert-alkyl or cyclic N) is 1. The molecule has 0 amide bonds. The highest BCUT2D eigenvalue weighted by atomic mass is 16.3. The fraction of sp³-hybridized carbons (Fsp3) is 0.750. The van der Waals surface area contributed by atoms with Crippen LogP contribution in [0.5, 0.6) is 0 Å². The van der Waals surface area contributed by atoms with Crippen molar-refractivity contribution in [3.05, 3.63) is 17.5 Å². The maximum absolute atomic E-state index is 9.84. The smallest absolute Gasteiger partial charge is 0.0693 e. The van der Waals surface area contributed by atoms with Crippen LogP contribution in [0.4, 0.5) is 0 Å². The summed E-state index contributed by atoms with van der Waals surface area (Å²) in [6.45, 7) is 6.98. The Hall–Kier alpha value is -0.870. The van der Waals surface area contributed by atoms with E-state index < -0.39 is 0 Å². The van der Waals surface area contributed by atoms with Gasteiger partial charge in [-0.1, -0.05) is 6.92 Å². The summed E-state index contributed by atoms with van der Waals surface area (Å²) in [6, 6.07) is 0. The summed E-state index contributed by atoms with van der Waals surface area (Å²) in [7, 11) is 1.96. The van der Waals surface area contributed by atoms with Gasteiger partial charge >= 0.3 is 0 Å². The maximum Gasteiger partial charge on any atom is 0.0693 e. The van der Waals surface area contributed by atoms with E-state index in [-0.39, 0.29) is 6.10 Å². The van der Waals surface area contributed by atoms with Gasteiger partial charge in [0, 0.05) is 31.4 Å². The average Bonchev–Trinajstić information content (AvgIpc) is 2.55. The summed E-state index contributed by atoms with van der Waals surface area (Å²) in [5.74, 6) is 0.436. The van der Waals surface area contributed by atoms with E-state index in [0.717, 1.165) is 26.1 Å². The third-order valence-electron chi connectivity index (χ3n) is 3.73. The lowest BCUT2D eigenvalue weighted by Crippen LogP contribution is -2.42. The molecule has 0 aromatic carbocycles. The van der Waals surface area contributed by atoms with Gasteiger partial charge in [-0.25, -0.2) is 0 Å². The first-order valence-electron chi connectivity index (χ1n) is 5.96. The van der Waals surface area contributed by atoms with Crippen LogP contribution in [0, 0.1) is 12.8 Å². The van der Waals surface area contributed by atoms with Crippen molar-refractivity contribution in [2.45, 2.75) is 32.9 Å². The van der Waals surface area contributed by atoms with Crippen molar-refractivity contribution in [2.24, 2.45) is 13.0 Å². The van der Waals surface area contributed by atoms with Crippen LogP contribution in [0.15, 0.2) is 6.20 Å². The summed E-state index contributed by atoms with van der Waals surface area (Å²) >= 11 is 0. The number of rotatable bonds is 2. The van der Waals surface area contributed by atoms with Gasteiger partial charge in [0.05, 0.1) is 12.3 Å². The number of nitrogens with zero attached hydrogens (tertiary/aromatic N) is 3. The Labute approximate surface area is 96.9 Å². The molecule has 2 atom stereocenters. The number of hydrogen-bond donors (Lipinski definition) is 1. The summed E-state index contributed by atoms with van der Waals surface area (Å²) in [5, 5.41) is 14.1. The van der Waals surface area contributed by atoms with Crippen molar-refractivity contribution < 1.29 is 5.11 Å². The van der Waals surface area contributed by atoms with E-state index in [1.807, 2.05) is 17.9 Å². The van der Waals surface area contributed by atoms with E-state index in [2.05, 4.69) is 23.8 Å². The van der Waals surface area contributed by atoms with E-state index >= 15 is 0 Å². The summed E-state index contributed by atoms with van der Waals surface area (Å²) in [6.07, 6.45) is 2.84. The van der Waals surface area contributed by atoms with Gasteiger partial charge in [-0.15, -0.1) is 0 Å². The second kappa shape index (κ2) is 4.55. The molecule has 16 heavy (non-hydrogen) atoms. The predicted octanol–water partition coefficient (Wildman–Crippen LogP) is 0.931. The molecule has 1 saturated heterocycles. The first-order chi connectivity index (χ1) is 7.58. The molecule has 1 fully saturated rings. The fourth-order valence-corrected chi connectivity index (χ4v) is 2.20. The van der Waals surface area contributed by atoms with E-state index in [0.29, 0.717) is 5.92 Å². The summed E-state index contributed by atoms with van der Waals surface area (Å²) < 4.78 is 1.90. The molecular formula is C12H21N3O. The lowest BCUT2D eigenvalue weighted by atomic mass is 9.96. The average molecular weight is 223 g/mol. The van der Waals surface area contributed by atoms with Gasteiger partial charge in [0.2, 0.25) is 0 Å². The Bertz CT molecular complexity index is 361. The van der Waals surface area contributed by atoms with E-state index in [1.165, 1.54) is 11.3 Å². The molecule has 4 heteroatoms. The fourth-order valence-electron chi connectivity index (χ4n) is 2.20. The molecule has 0 radical (unpaired) electrons. The van der Waals surface area contributed by atoms with Gasteiger partial charge in [0.15, 0.2) is 0 Å². The van der Waals surface area contributed by atoms with Crippen molar-refractivity contribution >= 4 is 0 Å². The molecule has 90 valence electrons. The highest BCUT2D eigenvalue weighted by molar-refractivity contribution is 5.15. The molecule has 0 aliphatic carbocycles. The highest BCUT2D eigenvalue weighted by Crippen LogP contribution is 2.19. The largest absolute Gasteiger partial charge is 0.392 e. The van der Waals surface area contributed by atoms with Crippen LogP contribution in [-0.2, 0) is 13.6 Å². The van der Waals surface area contributed by atoms with Crippen molar-refractivity contribution in [1.82, 2.24) is 14.7 Å². The van der Waals surface area contributed by atoms with Crippen molar-refractivity contribution in [3.63, 3.8) is 0 Å². The standard InChI is InChI=1S/C12H21N3O/c1-9-4-5-15(8-12(9)16)7-11-6-13-14(3)10(11)2/h6,9,12,16H,4-5,7-8H2,1-3H3. The van der Waals surface area contributed by atoms with Crippen molar-refractivity contribution in [3.8, 4) is 0 Å². The molecule has 1 aliphatic rings. The molecule has 1 aliphatic heterocycles. The summed E-state index contributed by atoms with van der Waals surface area (Å²) in [4.78, 5) is 2.31. The zero-order valence-corrected chi connectivity index (χ0v) is 10.3. The second-order valence-electron chi connectivity index (χ2n) is 4.95. The van der Waals surface area contributed by atoms with Crippen LogP contribution in [0.2, 0.25) is 0 Å². The number of piperidine rings is 1. The normalized spacial score (nSPS) is 27.2. The van der Waals surface area contributed by atoms with E-state index in [9.17, 15) is 5.11 Å². The monoisotopic (exact) mass is 223 g/mol. The lowest BCUT2D eigenvalue weighted by molar-refractivity contribution is 0.0258. The molecule has 1 aromatic rings. The predicted molar refractivity (Wildman–Crippen MR) is 63.0 cm³/mol. The molecular weight excluding hydrogens is 202 g/mol. The number of aliphatic hydroxyl groups excluding tert-OH is 1. The van der Waals surface area contributed by atoms with Gasteiger partial charge in [-0.3, -0.25) is 9.58 Å². The second-order valence-corrected chi connectivity index (χ2v) is 4.95. The van der Waals surface area contributed by atoms with Crippen LogP contribution in [0.25, 0.3) is 0 Å². The molecule has 4 nitrogen and oxygen atoms in total. The minimum Gasteiger partial charge on any atom is -0.392 e. The number of aliphatic hydroxyl groups is 1. The Balaban J connectivity index is 1.98. The Morgan fingerprint density at radius 2 is 2.31 bits per heavy atom. The first-order valence-corrected chi connectivity index (χ1v) is 5.96. The first kappa shape index (κ1) is 11.6. The summed E-state index contributed by atoms with van der Waals surface area (Å²) in [5.41, 5.74) is 2.48. The molecule has 1 N–H and O–H groups in total. The highest BCUT2D eigenvalue weighted by Gasteiger charge is 2.24. The lowest BCUT2D eigenvalue weighted by Gasteiger charge is -2.34. The maximum atomic E-state index is 9.84. The number of likely N-dealkylation sites (tertiary alicyclic amines) is 1. The van der Waals surface area contributed by atoms with Gasteiger partial charge in [-0.05, 0) is 25.8 Å².